The number of rotatable bonds is 6. The molecule has 176 valence electrons. The van der Waals surface area contributed by atoms with Gasteiger partial charge in [0.05, 0.1) is 24.5 Å². The molecule has 8 heteroatoms. The third kappa shape index (κ3) is 5.16. The van der Waals surface area contributed by atoms with Crippen molar-refractivity contribution in [2.24, 2.45) is 0 Å². The second-order valence-corrected chi connectivity index (χ2v) is 8.45. The fourth-order valence-electron chi connectivity index (χ4n) is 4.39. The van der Waals surface area contributed by atoms with E-state index in [4.69, 9.17) is 9.47 Å². The van der Waals surface area contributed by atoms with Crippen molar-refractivity contribution in [2.45, 2.75) is 43.6 Å². The van der Waals surface area contributed by atoms with Crippen LogP contribution < -0.4 is 10.1 Å². The Hall–Kier alpha value is -3.00. The van der Waals surface area contributed by atoms with Gasteiger partial charge >= 0.3 is 6.18 Å². The molecule has 1 unspecified atom stereocenters. The average Bonchev–Trinajstić information content (AvgIpc) is 3.28. The average molecular weight is 460 g/mol. The number of hydrogen-bond acceptors (Lipinski definition) is 4. The van der Waals surface area contributed by atoms with Gasteiger partial charge in [-0.2, -0.15) is 13.2 Å². The number of hydrogen-bond donors (Lipinski definition) is 1. The summed E-state index contributed by atoms with van der Waals surface area (Å²) < 4.78 is 50.3. The molecule has 0 spiro atoms. The second kappa shape index (κ2) is 9.47. The van der Waals surface area contributed by atoms with Crippen LogP contribution in [0.5, 0.6) is 5.75 Å². The van der Waals surface area contributed by atoms with Gasteiger partial charge in [0.2, 0.25) is 5.91 Å². The molecule has 33 heavy (non-hydrogen) atoms. The molecular weight excluding hydrogens is 433 g/mol. The first-order valence-corrected chi connectivity index (χ1v) is 11.0. The number of halogens is 3. The van der Waals surface area contributed by atoms with Gasteiger partial charge in [0.1, 0.15) is 17.4 Å². The SMILES string of the molecule is C[C@H](NC(=O)C1(N2CC[C@@H](Oc3cccc(C(F)(F)F)c3)C2)C=COCC1)c1ccccc1. The highest BCUT2D eigenvalue weighted by molar-refractivity contribution is 5.89. The lowest BCUT2D eigenvalue weighted by molar-refractivity contribution is -0.137. The van der Waals surface area contributed by atoms with E-state index in [-0.39, 0.29) is 23.8 Å². The molecule has 2 aliphatic heterocycles. The Morgan fingerprint density at radius 2 is 2.00 bits per heavy atom. The monoisotopic (exact) mass is 460 g/mol. The van der Waals surface area contributed by atoms with Crippen molar-refractivity contribution in [1.29, 1.82) is 0 Å². The molecule has 2 aromatic rings. The van der Waals surface area contributed by atoms with Crippen molar-refractivity contribution in [2.75, 3.05) is 19.7 Å². The highest BCUT2D eigenvalue weighted by Crippen LogP contribution is 2.34. The maximum absolute atomic E-state index is 13.5. The van der Waals surface area contributed by atoms with Crippen molar-refractivity contribution >= 4 is 5.91 Å². The fraction of sp³-hybridized carbons (Fsp3) is 0.400. The predicted molar refractivity (Wildman–Crippen MR) is 117 cm³/mol. The van der Waals surface area contributed by atoms with E-state index in [1.165, 1.54) is 12.1 Å². The van der Waals surface area contributed by atoms with Crippen LogP contribution in [0.25, 0.3) is 0 Å². The molecule has 2 aromatic carbocycles. The number of nitrogens with zero attached hydrogens (tertiary/aromatic N) is 1. The molecule has 2 heterocycles. The van der Waals surface area contributed by atoms with Crippen molar-refractivity contribution in [3.8, 4) is 5.75 Å². The second-order valence-electron chi connectivity index (χ2n) is 8.45. The summed E-state index contributed by atoms with van der Waals surface area (Å²) in [4.78, 5) is 15.5. The van der Waals surface area contributed by atoms with Gasteiger partial charge in [-0.1, -0.05) is 36.4 Å². The summed E-state index contributed by atoms with van der Waals surface area (Å²) in [5, 5.41) is 3.12. The molecule has 1 amide bonds. The van der Waals surface area contributed by atoms with Crippen LogP contribution >= 0.6 is 0 Å². The van der Waals surface area contributed by atoms with Gasteiger partial charge in [-0.15, -0.1) is 0 Å². The van der Waals surface area contributed by atoms with Gasteiger partial charge in [0.25, 0.3) is 0 Å². The minimum Gasteiger partial charge on any atom is -0.501 e. The third-order valence-electron chi connectivity index (χ3n) is 6.25. The van der Waals surface area contributed by atoms with E-state index >= 15 is 0 Å². The predicted octanol–water partition coefficient (Wildman–Crippen LogP) is 4.71. The largest absolute Gasteiger partial charge is 0.501 e. The van der Waals surface area contributed by atoms with E-state index in [1.807, 2.05) is 42.2 Å². The number of nitrogens with one attached hydrogen (secondary N) is 1. The van der Waals surface area contributed by atoms with Crippen LogP contribution in [0.2, 0.25) is 0 Å². The molecule has 3 atom stereocenters. The number of carbonyl (C=O) groups excluding carboxylic acids is 1. The summed E-state index contributed by atoms with van der Waals surface area (Å²) in [6, 6.07) is 14.4. The van der Waals surface area contributed by atoms with Crippen LogP contribution in [-0.4, -0.2) is 42.1 Å². The van der Waals surface area contributed by atoms with Crippen LogP contribution in [0.15, 0.2) is 66.9 Å². The van der Waals surface area contributed by atoms with Crippen molar-refractivity contribution in [3.63, 3.8) is 0 Å². The van der Waals surface area contributed by atoms with Gasteiger partial charge in [-0.05, 0) is 43.2 Å². The Labute approximate surface area is 191 Å². The molecule has 0 aromatic heterocycles. The Morgan fingerprint density at radius 3 is 2.70 bits per heavy atom. The minimum atomic E-state index is -4.43. The number of likely N-dealkylation sites (tertiary alicyclic amines) is 1. The topological polar surface area (TPSA) is 50.8 Å². The third-order valence-corrected chi connectivity index (χ3v) is 6.25. The Bertz CT molecular complexity index is 996. The Balaban J connectivity index is 1.47. The molecule has 0 radical (unpaired) electrons. The number of amides is 1. The maximum Gasteiger partial charge on any atom is 0.416 e. The van der Waals surface area contributed by atoms with Gasteiger partial charge in [-0.3, -0.25) is 9.69 Å². The first kappa shape index (κ1) is 23.2. The van der Waals surface area contributed by atoms with E-state index in [0.29, 0.717) is 32.5 Å². The highest BCUT2D eigenvalue weighted by Gasteiger charge is 2.47. The standard InChI is InChI=1S/C25H27F3N2O3/c1-18(19-6-3-2-4-7-19)29-23(31)24(11-14-32-15-12-24)30-13-10-22(17-30)33-21-9-5-8-20(16-21)25(26,27)28/h2-9,11,14,16,18,22H,10,12-13,15,17H2,1H3,(H,29,31)/t18-,22+,24?/m0/s1. The summed E-state index contributed by atoms with van der Waals surface area (Å²) in [5.41, 5.74) is -0.634. The molecule has 0 aliphatic carbocycles. The molecule has 5 nitrogen and oxygen atoms in total. The minimum absolute atomic E-state index is 0.127. The molecule has 1 N–H and O–H groups in total. The van der Waals surface area contributed by atoms with Crippen molar-refractivity contribution in [3.05, 3.63) is 78.1 Å². The van der Waals surface area contributed by atoms with Crippen LogP contribution in [0, 0.1) is 0 Å². The van der Waals surface area contributed by atoms with E-state index in [9.17, 15) is 18.0 Å². The lowest BCUT2D eigenvalue weighted by Crippen LogP contribution is -2.58. The Kier molecular flexibility index (Phi) is 6.65. The van der Waals surface area contributed by atoms with Crippen LogP contribution in [0.4, 0.5) is 13.2 Å². The van der Waals surface area contributed by atoms with E-state index in [1.54, 1.807) is 12.3 Å². The molecule has 2 aliphatic rings. The van der Waals surface area contributed by atoms with E-state index in [0.717, 1.165) is 17.7 Å². The van der Waals surface area contributed by atoms with Crippen molar-refractivity contribution < 1.29 is 27.4 Å². The zero-order valence-electron chi connectivity index (χ0n) is 18.3. The molecule has 1 fully saturated rings. The van der Waals surface area contributed by atoms with Gasteiger partial charge in [0, 0.05) is 19.5 Å². The normalized spacial score (nSPS) is 24.2. The van der Waals surface area contributed by atoms with Crippen LogP contribution in [-0.2, 0) is 15.7 Å². The zero-order valence-corrected chi connectivity index (χ0v) is 18.3. The van der Waals surface area contributed by atoms with Crippen LogP contribution in [0.3, 0.4) is 0 Å². The lowest BCUT2D eigenvalue weighted by atomic mass is 9.90. The van der Waals surface area contributed by atoms with Gasteiger partial charge in [0.15, 0.2) is 0 Å². The molecule has 0 bridgehead atoms. The van der Waals surface area contributed by atoms with Gasteiger partial charge < -0.3 is 14.8 Å². The van der Waals surface area contributed by atoms with E-state index in [2.05, 4.69) is 5.32 Å². The quantitative estimate of drug-likeness (QED) is 0.679. The highest BCUT2D eigenvalue weighted by atomic mass is 19.4. The molecular formula is C25H27F3N2O3. The fourth-order valence-corrected chi connectivity index (χ4v) is 4.39. The lowest BCUT2D eigenvalue weighted by Gasteiger charge is -2.40. The van der Waals surface area contributed by atoms with Gasteiger partial charge in [-0.25, -0.2) is 0 Å². The first-order valence-electron chi connectivity index (χ1n) is 11.0. The summed E-state index contributed by atoms with van der Waals surface area (Å²) in [7, 11) is 0. The number of carbonyl (C=O) groups is 1. The first-order chi connectivity index (χ1) is 15.8. The maximum atomic E-state index is 13.5. The number of ether oxygens (including phenoxy) is 2. The summed E-state index contributed by atoms with van der Waals surface area (Å²) >= 11 is 0. The summed E-state index contributed by atoms with van der Waals surface area (Å²) in [6.45, 7) is 3.35. The van der Waals surface area contributed by atoms with Crippen LogP contribution in [0.1, 0.15) is 36.9 Å². The zero-order chi connectivity index (χ0) is 23.5. The summed E-state index contributed by atoms with van der Waals surface area (Å²) in [5.74, 6) is 0.0496. The Morgan fingerprint density at radius 1 is 1.21 bits per heavy atom. The van der Waals surface area contributed by atoms with Crippen molar-refractivity contribution in [1.82, 2.24) is 10.2 Å². The number of alkyl halides is 3. The van der Waals surface area contributed by atoms with E-state index < -0.39 is 17.3 Å². The number of benzene rings is 2. The molecule has 4 rings (SSSR count). The summed E-state index contributed by atoms with van der Waals surface area (Å²) in [6.07, 6.45) is -0.332. The smallest absolute Gasteiger partial charge is 0.416 e. The molecule has 1 saturated heterocycles. The molecule has 0 saturated carbocycles.